The third-order valence-electron chi connectivity index (χ3n) is 2.89. The number of nitro groups is 1. The number of hydrogen-bond donors (Lipinski definition) is 2. The highest BCUT2D eigenvalue weighted by Gasteiger charge is 2.18. The molecule has 0 aliphatic heterocycles. The van der Waals surface area contributed by atoms with Crippen molar-refractivity contribution >= 4 is 22.7 Å². The summed E-state index contributed by atoms with van der Waals surface area (Å²) in [5.41, 5.74) is 7.84. The average molecular weight is 268 g/mol. The van der Waals surface area contributed by atoms with Crippen molar-refractivity contribution < 1.29 is 4.92 Å². The molecule has 3 N–H and O–H groups in total. The van der Waals surface area contributed by atoms with Gasteiger partial charge in [0.1, 0.15) is 11.4 Å². The number of hydrogen-bond acceptors (Lipinski definition) is 5. The maximum Gasteiger partial charge on any atom is 0.315 e. The van der Waals surface area contributed by atoms with E-state index >= 15 is 0 Å². The topological polar surface area (TPSA) is 105 Å². The number of aryl methyl sites for hydroxylation is 1. The largest absolute Gasteiger partial charge is 0.393 e. The molecule has 0 aromatic heterocycles. The fourth-order valence-corrected chi connectivity index (χ4v) is 1.84. The first-order chi connectivity index (χ1) is 9.52. The van der Waals surface area contributed by atoms with E-state index in [1.807, 2.05) is 13.0 Å². The Bertz CT molecular complexity index is 720. The lowest BCUT2D eigenvalue weighted by molar-refractivity contribution is -0.383. The number of nitrogens with zero attached hydrogens (tertiary/aromatic N) is 2. The average Bonchev–Trinajstić information content (AvgIpc) is 2.41. The summed E-state index contributed by atoms with van der Waals surface area (Å²) < 4.78 is 0. The summed E-state index contributed by atoms with van der Waals surface area (Å²) in [6.07, 6.45) is 0. The van der Waals surface area contributed by atoms with Gasteiger partial charge in [0.15, 0.2) is 0 Å². The van der Waals surface area contributed by atoms with Crippen LogP contribution in [0.4, 0.5) is 22.7 Å². The Morgan fingerprint density at radius 3 is 2.70 bits per heavy atom. The zero-order valence-electron chi connectivity index (χ0n) is 10.8. The van der Waals surface area contributed by atoms with Crippen LogP contribution in [0.5, 0.6) is 0 Å². The van der Waals surface area contributed by atoms with E-state index in [-0.39, 0.29) is 11.4 Å². The number of nitrogens with one attached hydrogen (secondary N) is 1. The predicted molar refractivity (Wildman–Crippen MR) is 76.7 cm³/mol. The lowest BCUT2D eigenvalue weighted by atomic mass is 10.1. The SMILES string of the molecule is Cc1ccc(C#N)cc1Nc1cccc(N)c1[N+](=O)[O-]. The van der Waals surface area contributed by atoms with Gasteiger partial charge in [0.25, 0.3) is 0 Å². The maximum atomic E-state index is 11.1. The second kappa shape index (κ2) is 5.28. The van der Waals surface area contributed by atoms with Crippen molar-refractivity contribution in [1.82, 2.24) is 0 Å². The summed E-state index contributed by atoms with van der Waals surface area (Å²) >= 11 is 0. The number of anilines is 3. The molecule has 0 fully saturated rings. The molecule has 0 saturated carbocycles. The Hall–Kier alpha value is -3.07. The van der Waals surface area contributed by atoms with Crippen LogP contribution in [-0.4, -0.2) is 4.92 Å². The highest BCUT2D eigenvalue weighted by Crippen LogP contribution is 2.33. The zero-order chi connectivity index (χ0) is 14.7. The van der Waals surface area contributed by atoms with E-state index in [4.69, 9.17) is 11.0 Å². The number of nitrogens with two attached hydrogens (primary N) is 1. The van der Waals surface area contributed by atoms with Gasteiger partial charge in [0.2, 0.25) is 0 Å². The van der Waals surface area contributed by atoms with Crippen LogP contribution in [0, 0.1) is 28.4 Å². The molecule has 0 unspecified atom stereocenters. The minimum atomic E-state index is -0.527. The van der Waals surface area contributed by atoms with Crippen molar-refractivity contribution in [3.8, 4) is 6.07 Å². The van der Waals surface area contributed by atoms with Crippen LogP contribution in [0.3, 0.4) is 0 Å². The van der Waals surface area contributed by atoms with E-state index in [9.17, 15) is 10.1 Å². The molecule has 20 heavy (non-hydrogen) atoms. The van der Waals surface area contributed by atoms with Crippen LogP contribution in [0.2, 0.25) is 0 Å². The first-order valence-corrected chi connectivity index (χ1v) is 5.83. The molecule has 0 aliphatic carbocycles. The third kappa shape index (κ3) is 2.52. The molecule has 0 radical (unpaired) electrons. The van der Waals surface area contributed by atoms with Crippen LogP contribution in [0.15, 0.2) is 36.4 Å². The van der Waals surface area contributed by atoms with Crippen molar-refractivity contribution in [2.24, 2.45) is 0 Å². The van der Waals surface area contributed by atoms with Gasteiger partial charge >= 0.3 is 5.69 Å². The van der Waals surface area contributed by atoms with E-state index in [0.717, 1.165) is 5.56 Å². The minimum absolute atomic E-state index is 0.0918. The Balaban J connectivity index is 2.48. The fourth-order valence-electron chi connectivity index (χ4n) is 1.84. The summed E-state index contributed by atoms with van der Waals surface area (Å²) in [5.74, 6) is 0. The van der Waals surface area contributed by atoms with E-state index in [1.54, 1.807) is 30.3 Å². The molecular weight excluding hydrogens is 256 g/mol. The van der Waals surface area contributed by atoms with Gasteiger partial charge in [-0.15, -0.1) is 0 Å². The molecule has 2 aromatic carbocycles. The Morgan fingerprint density at radius 2 is 2.05 bits per heavy atom. The molecule has 0 spiro atoms. The molecule has 0 heterocycles. The molecule has 6 nitrogen and oxygen atoms in total. The van der Waals surface area contributed by atoms with Crippen molar-refractivity contribution in [3.05, 3.63) is 57.6 Å². The molecule has 2 aromatic rings. The quantitative estimate of drug-likeness (QED) is 0.505. The van der Waals surface area contributed by atoms with Crippen molar-refractivity contribution in [3.63, 3.8) is 0 Å². The first-order valence-electron chi connectivity index (χ1n) is 5.83. The lowest BCUT2D eigenvalue weighted by Gasteiger charge is -2.11. The van der Waals surface area contributed by atoms with Gasteiger partial charge in [-0.3, -0.25) is 10.1 Å². The molecule has 0 atom stereocenters. The molecule has 100 valence electrons. The highest BCUT2D eigenvalue weighted by molar-refractivity contribution is 5.79. The number of rotatable bonds is 3. The molecule has 0 aliphatic rings. The Morgan fingerprint density at radius 1 is 1.30 bits per heavy atom. The summed E-state index contributed by atoms with van der Waals surface area (Å²) in [7, 11) is 0. The van der Waals surface area contributed by atoms with Gasteiger partial charge in [-0.25, -0.2) is 0 Å². The molecule has 0 amide bonds. The van der Waals surface area contributed by atoms with E-state index in [2.05, 4.69) is 5.32 Å². The van der Waals surface area contributed by atoms with Gasteiger partial charge < -0.3 is 11.1 Å². The predicted octanol–water partition coefficient (Wildman–Crippen LogP) is 3.10. The molecular formula is C14H12N4O2. The van der Waals surface area contributed by atoms with Crippen LogP contribution in [-0.2, 0) is 0 Å². The monoisotopic (exact) mass is 268 g/mol. The van der Waals surface area contributed by atoms with Crippen molar-refractivity contribution in [2.75, 3.05) is 11.1 Å². The number of benzene rings is 2. The minimum Gasteiger partial charge on any atom is -0.393 e. The third-order valence-corrected chi connectivity index (χ3v) is 2.89. The van der Waals surface area contributed by atoms with Crippen molar-refractivity contribution in [2.45, 2.75) is 6.92 Å². The number of para-hydroxylation sites is 1. The maximum absolute atomic E-state index is 11.1. The van der Waals surface area contributed by atoms with Crippen molar-refractivity contribution in [1.29, 1.82) is 5.26 Å². The normalized spacial score (nSPS) is 9.80. The Labute approximate surface area is 115 Å². The zero-order valence-corrected chi connectivity index (χ0v) is 10.8. The summed E-state index contributed by atoms with van der Waals surface area (Å²) in [6, 6.07) is 11.8. The van der Waals surface area contributed by atoms with Gasteiger partial charge in [-0.1, -0.05) is 12.1 Å². The molecule has 2 rings (SSSR count). The second-order valence-corrected chi connectivity index (χ2v) is 4.27. The summed E-state index contributed by atoms with van der Waals surface area (Å²) in [4.78, 5) is 10.5. The van der Waals surface area contributed by atoms with Gasteiger partial charge in [-0.2, -0.15) is 5.26 Å². The number of nitro benzene ring substituents is 1. The van der Waals surface area contributed by atoms with Gasteiger partial charge in [0, 0.05) is 5.69 Å². The van der Waals surface area contributed by atoms with E-state index in [1.165, 1.54) is 6.07 Å². The molecule has 0 bridgehead atoms. The number of nitriles is 1. The van der Waals surface area contributed by atoms with Gasteiger partial charge in [0.05, 0.1) is 16.6 Å². The van der Waals surface area contributed by atoms with Crippen LogP contribution in [0.25, 0.3) is 0 Å². The second-order valence-electron chi connectivity index (χ2n) is 4.27. The standard InChI is InChI=1S/C14H12N4O2/c1-9-5-6-10(8-15)7-13(9)17-12-4-2-3-11(16)14(12)18(19)20/h2-7,17H,16H2,1H3. The number of nitrogen functional groups attached to an aromatic ring is 1. The van der Waals surface area contributed by atoms with Crippen LogP contribution in [0.1, 0.15) is 11.1 Å². The highest BCUT2D eigenvalue weighted by atomic mass is 16.6. The fraction of sp³-hybridized carbons (Fsp3) is 0.0714. The Kier molecular flexibility index (Phi) is 3.53. The van der Waals surface area contributed by atoms with Crippen LogP contribution >= 0.6 is 0 Å². The smallest absolute Gasteiger partial charge is 0.315 e. The summed E-state index contributed by atoms with van der Waals surface area (Å²) in [6.45, 7) is 1.85. The molecule has 0 saturated heterocycles. The van der Waals surface area contributed by atoms with E-state index < -0.39 is 4.92 Å². The summed E-state index contributed by atoms with van der Waals surface area (Å²) in [5, 5.41) is 22.9. The first kappa shape index (κ1) is 13.4. The van der Waals surface area contributed by atoms with Gasteiger partial charge in [-0.05, 0) is 36.8 Å². The van der Waals surface area contributed by atoms with E-state index in [0.29, 0.717) is 16.9 Å². The lowest BCUT2D eigenvalue weighted by Crippen LogP contribution is -2.02. The molecule has 6 heteroatoms. The van der Waals surface area contributed by atoms with Crippen LogP contribution < -0.4 is 11.1 Å².